The highest BCUT2D eigenvalue weighted by atomic mass is 19.4. The van der Waals surface area contributed by atoms with E-state index in [0.29, 0.717) is 11.3 Å². The molecular formula is C26H23F4N5O3. The van der Waals surface area contributed by atoms with Gasteiger partial charge in [0.1, 0.15) is 12.4 Å². The third-order valence-electron chi connectivity index (χ3n) is 6.15. The molecule has 0 saturated carbocycles. The van der Waals surface area contributed by atoms with Crippen LogP contribution < -0.4 is 15.7 Å². The number of halogens is 4. The Morgan fingerprint density at radius 1 is 1.24 bits per heavy atom. The van der Waals surface area contributed by atoms with Gasteiger partial charge in [-0.25, -0.2) is 9.37 Å². The summed E-state index contributed by atoms with van der Waals surface area (Å²) in [5.41, 5.74) is -0.290. The van der Waals surface area contributed by atoms with Crippen molar-refractivity contribution in [2.24, 2.45) is 0 Å². The zero-order valence-electron chi connectivity index (χ0n) is 20.5. The smallest absolute Gasteiger partial charge is 0.408 e. The van der Waals surface area contributed by atoms with Crippen molar-refractivity contribution < 1.29 is 27.2 Å². The Bertz CT molecular complexity index is 1460. The molecule has 0 fully saturated rings. The Kier molecular flexibility index (Phi) is 7.39. The molecule has 1 aromatic heterocycles. The molecule has 0 unspecified atom stereocenters. The van der Waals surface area contributed by atoms with Crippen LogP contribution in [-0.2, 0) is 19.1 Å². The van der Waals surface area contributed by atoms with Crippen LogP contribution >= 0.6 is 0 Å². The lowest BCUT2D eigenvalue weighted by atomic mass is 10.0. The van der Waals surface area contributed by atoms with E-state index in [1.165, 1.54) is 29.2 Å². The Hall–Kier alpha value is -4.40. The van der Waals surface area contributed by atoms with Gasteiger partial charge in [0.2, 0.25) is 5.95 Å². The first kappa shape index (κ1) is 26.7. The van der Waals surface area contributed by atoms with Crippen molar-refractivity contribution in [2.45, 2.75) is 39.0 Å². The molecular weight excluding hydrogens is 506 g/mol. The van der Waals surface area contributed by atoms with E-state index in [9.17, 15) is 27.2 Å². The number of hydrogen-bond donors (Lipinski definition) is 1. The van der Waals surface area contributed by atoms with Gasteiger partial charge in [-0.05, 0) is 49.7 Å². The van der Waals surface area contributed by atoms with Crippen molar-refractivity contribution >= 4 is 11.9 Å². The van der Waals surface area contributed by atoms with Crippen LogP contribution in [0.1, 0.15) is 58.2 Å². The van der Waals surface area contributed by atoms with Gasteiger partial charge >= 0.3 is 6.18 Å². The van der Waals surface area contributed by atoms with Crippen molar-refractivity contribution in [2.75, 3.05) is 18.5 Å². The fourth-order valence-electron chi connectivity index (χ4n) is 4.14. The first-order valence-electron chi connectivity index (χ1n) is 11.7. The lowest BCUT2D eigenvalue weighted by molar-refractivity contribution is -0.137. The fraction of sp³-hybridized carbons (Fsp3) is 0.308. The van der Waals surface area contributed by atoms with Crippen LogP contribution in [0.4, 0.5) is 23.5 Å². The molecule has 0 aliphatic carbocycles. The van der Waals surface area contributed by atoms with Crippen molar-refractivity contribution in [3.8, 4) is 6.07 Å². The highest BCUT2D eigenvalue weighted by Gasteiger charge is 2.31. The number of alkyl halides is 3. The van der Waals surface area contributed by atoms with Gasteiger partial charge in [0.25, 0.3) is 11.5 Å². The molecule has 2 aromatic carbocycles. The zero-order valence-corrected chi connectivity index (χ0v) is 20.5. The van der Waals surface area contributed by atoms with Crippen LogP contribution in [0.5, 0.6) is 0 Å². The number of anilines is 1. The maximum absolute atomic E-state index is 14.4. The minimum absolute atomic E-state index is 0.0703. The average molecular weight is 529 g/mol. The Labute approximate surface area is 215 Å². The Morgan fingerprint density at radius 2 is 1.95 bits per heavy atom. The first-order chi connectivity index (χ1) is 18.0. The molecule has 0 radical (unpaired) electrons. The van der Waals surface area contributed by atoms with E-state index < -0.39 is 35.1 Å². The van der Waals surface area contributed by atoms with Crippen LogP contribution in [-0.4, -0.2) is 33.7 Å². The van der Waals surface area contributed by atoms with Crippen LogP contribution in [0.2, 0.25) is 0 Å². The highest BCUT2D eigenvalue weighted by Crippen LogP contribution is 2.30. The van der Waals surface area contributed by atoms with Gasteiger partial charge in [0.15, 0.2) is 0 Å². The van der Waals surface area contributed by atoms with Gasteiger partial charge in [0, 0.05) is 13.0 Å². The molecule has 3 aromatic rings. The lowest BCUT2D eigenvalue weighted by Gasteiger charge is -2.29. The van der Waals surface area contributed by atoms with Gasteiger partial charge in [-0.1, -0.05) is 12.1 Å². The quantitative estimate of drug-likeness (QED) is 0.483. The van der Waals surface area contributed by atoms with Gasteiger partial charge in [-0.2, -0.15) is 18.4 Å². The van der Waals surface area contributed by atoms with Crippen molar-refractivity contribution in [1.82, 2.24) is 14.6 Å². The summed E-state index contributed by atoms with van der Waals surface area (Å²) in [6.45, 7) is 3.53. The molecule has 1 atom stereocenters. The molecule has 4 rings (SSSR count). The predicted octanol–water partition coefficient (Wildman–Crippen LogP) is 4.09. The third kappa shape index (κ3) is 5.32. The molecule has 12 heteroatoms. The Morgan fingerprint density at radius 3 is 2.55 bits per heavy atom. The number of rotatable bonds is 6. The number of nitrogens with one attached hydrogen (secondary N) is 1. The molecule has 1 amide bonds. The second-order valence-corrected chi connectivity index (χ2v) is 8.65. The molecule has 38 heavy (non-hydrogen) atoms. The van der Waals surface area contributed by atoms with E-state index in [1.54, 1.807) is 13.8 Å². The van der Waals surface area contributed by atoms with E-state index in [1.807, 2.05) is 6.07 Å². The van der Waals surface area contributed by atoms with Crippen LogP contribution in [0.3, 0.4) is 0 Å². The SMILES string of the molecule is CCOn1c(N[C@H](C)c2ccc(C(F)(F)F)cc2)nc2c(c1=O)CN(C(=O)c1ccc(C#N)cc1F)CC2. The van der Waals surface area contributed by atoms with Crippen molar-refractivity contribution in [3.05, 3.63) is 92.1 Å². The molecule has 0 bridgehead atoms. The normalized spacial score (nSPS) is 13.9. The van der Waals surface area contributed by atoms with Crippen LogP contribution in [0, 0.1) is 17.1 Å². The van der Waals surface area contributed by atoms with Gasteiger partial charge < -0.3 is 15.1 Å². The highest BCUT2D eigenvalue weighted by molar-refractivity contribution is 5.94. The van der Waals surface area contributed by atoms with Crippen molar-refractivity contribution in [3.63, 3.8) is 0 Å². The van der Waals surface area contributed by atoms with E-state index in [0.717, 1.165) is 22.9 Å². The van der Waals surface area contributed by atoms with Crippen LogP contribution in [0.15, 0.2) is 47.3 Å². The number of fused-ring (bicyclic) bond motifs is 1. The standard InChI is InChI=1S/C26H23F4N5O3/c1-3-38-35-24(37)20-14-34(23(36)19-9-4-16(13-31)12-21(19)27)11-10-22(20)33-25(35)32-15(2)17-5-7-18(8-6-17)26(28,29)30/h4-9,12,15H,3,10-11,14H2,1-2H3,(H,32,33)/t15-/m1/s1. The minimum atomic E-state index is -4.45. The summed E-state index contributed by atoms with van der Waals surface area (Å²) in [5, 5.41) is 11.9. The average Bonchev–Trinajstić information content (AvgIpc) is 2.89. The van der Waals surface area contributed by atoms with E-state index in [2.05, 4.69) is 10.3 Å². The number of benzene rings is 2. The first-order valence-corrected chi connectivity index (χ1v) is 11.7. The summed E-state index contributed by atoms with van der Waals surface area (Å²) in [4.78, 5) is 37.6. The topological polar surface area (TPSA) is 100 Å². The number of nitrogens with zero attached hydrogens (tertiary/aromatic N) is 4. The summed E-state index contributed by atoms with van der Waals surface area (Å²) in [6, 6.07) is 9.48. The van der Waals surface area contributed by atoms with E-state index >= 15 is 0 Å². The second-order valence-electron chi connectivity index (χ2n) is 8.65. The van der Waals surface area contributed by atoms with Gasteiger partial charge in [-0.15, -0.1) is 4.73 Å². The minimum Gasteiger partial charge on any atom is -0.408 e. The van der Waals surface area contributed by atoms with Gasteiger partial charge in [-0.3, -0.25) is 9.59 Å². The largest absolute Gasteiger partial charge is 0.416 e. The number of carbonyl (C=O) groups excluding carboxylic acids is 1. The summed E-state index contributed by atoms with van der Waals surface area (Å²) in [6.07, 6.45) is -4.24. The number of carbonyl (C=O) groups is 1. The number of hydrogen-bond acceptors (Lipinski definition) is 6. The van der Waals surface area contributed by atoms with E-state index in [4.69, 9.17) is 10.1 Å². The second kappa shape index (κ2) is 10.5. The summed E-state index contributed by atoms with van der Waals surface area (Å²) < 4.78 is 54.1. The molecule has 1 aliphatic rings. The molecule has 198 valence electrons. The van der Waals surface area contributed by atoms with E-state index in [-0.39, 0.29) is 48.8 Å². The lowest BCUT2D eigenvalue weighted by Crippen LogP contribution is -2.43. The maximum atomic E-state index is 14.4. The van der Waals surface area contributed by atoms with Gasteiger partial charge in [0.05, 0.1) is 46.6 Å². The predicted molar refractivity (Wildman–Crippen MR) is 129 cm³/mol. The molecule has 8 nitrogen and oxygen atoms in total. The van der Waals surface area contributed by atoms with Crippen molar-refractivity contribution in [1.29, 1.82) is 5.26 Å². The Balaban J connectivity index is 1.60. The third-order valence-corrected chi connectivity index (χ3v) is 6.15. The molecule has 0 spiro atoms. The number of nitriles is 1. The molecule has 1 aliphatic heterocycles. The monoisotopic (exact) mass is 529 g/mol. The fourth-order valence-corrected chi connectivity index (χ4v) is 4.14. The number of amides is 1. The summed E-state index contributed by atoms with van der Waals surface area (Å²) >= 11 is 0. The van der Waals surface area contributed by atoms with Crippen LogP contribution in [0.25, 0.3) is 0 Å². The summed E-state index contributed by atoms with van der Waals surface area (Å²) in [7, 11) is 0. The zero-order chi connectivity index (χ0) is 27.6. The molecule has 1 N–H and O–H groups in total. The molecule has 2 heterocycles. The molecule has 0 saturated heterocycles. The number of aromatic nitrogens is 2. The summed E-state index contributed by atoms with van der Waals surface area (Å²) in [5.74, 6) is -1.39. The maximum Gasteiger partial charge on any atom is 0.416 e.